The van der Waals surface area contributed by atoms with E-state index in [0.29, 0.717) is 0 Å². The van der Waals surface area contributed by atoms with Crippen molar-refractivity contribution < 1.29 is 19.1 Å². The van der Waals surface area contributed by atoms with Crippen LogP contribution in [0.2, 0.25) is 0 Å². The smallest absolute Gasteiger partial charge is 0.319 e. The molecule has 2 unspecified atom stereocenters. The van der Waals surface area contributed by atoms with Crippen LogP contribution in [0.15, 0.2) is 58.7 Å². The molecule has 0 amide bonds. The van der Waals surface area contributed by atoms with Gasteiger partial charge in [0.15, 0.2) is 0 Å². The lowest BCUT2D eigenvalue weighted by Crippen LogP contribution is -2.38. The third-order valence-electron chi connectivity index (χ3n) is 4.85. The fourth-order valence-electron chi connectivity index (χ4n) is 3.60. The third-order valence-corrected chi connectivity index (χ3v) is 4.85. The molecule has 128 valence electrons. The Labute approximate surface area is 143 Å². The van der Waals surface area contributed by atoms with Crippen molar-refractivity contribution in [3.05, 3.63) is 58.7 Å². The molecule has 0 fully saturated rings. The van der Waals surface area contributed by atoms with Crippen molar-refractivity contribution in [2.45, 2.75) is 27.7 Å². The van der Waals surface area contributed by atoms with Crippen molar-refractivity contribution in [2.24, 2.45) is 10.8 Å². The summed E-state index contributed by atoms with van der Waals surface area (Å²) in [7, 11) is 2.75. The largest absolute Gasteiger partial charge is 0.468 e. The number of allylic oxidation sites excluding steroid dienone is 6. The van der Waals surface area contributed by atoms with E-state index in [1.807, 2.05) is 64.2 Å². The zero-order valence-electron chi connectivity index (χ0n) is 15.1. The van der Waals surface area contributed by atoms with Gasteiger partial charge in [0, 0.05) is 0 Å². The van der Waals surface area contributed by atoms with Crippen molar-refractivity contribution in [1.82, 2.24) is 0 Å². The molecular weight excluding hydrogens is 304 g/mol. The van der Waals surface area contributed by atoms with Crippen LogP contribution in [-0.4, -0.2) is 26.2 Å². The lowest BCUT2D eigenvalue weighted by molar-refractivity contribution is -0.148. The van der Waals surface area contributed by atoms with E-state index in [9.17, 15) is 9.59 Å². The van der Waals surface area contributed by atoms with Crippen LogP contribution in [0.4, 0.5) is 0 Å². The normalized spacial score (nSPS) is 32.1. The van der Waals surface area contributed by atoms with Crippen LogP contribution in [0, 0.1) is 10.8 Å². The predicted molar refractivity (Wildman–Crippen MR) is 93.1 cm³/mol. The van der Waals surface area contributed by atoms with Gasteiger partial charge in [-0.05, 0) is 50.0 Å². The maximum atomic E-state index is 12.6. The fraction of sp³-hybridized carbons (Fsp3) is 0.400. The van der Waals surface area contributed by atoms with Crippen molar-refractivity contribution in [1.29, 1.82) is 0 Å². The van der Waals surface area contributed by atoms with Gasteiger partial charge < -0.3 is 9.47 Å². The zero-order valence-corrected chi connectivity index (χ0v) is 15.1. The topological polar surface area (TPSA) is 52.6 Å². The lowest BCUT2D eigenvalue weighted by Gasteiger charge is -2.38. The highest BCUT2D eigenvalue weighted by atomic mass is 16.5. The van der Waals surface area contributed by atoms with Crippen molar-refractivity contribution >= 4 is 11.9 Å². The zero-order chi connectivity index (χ0) is 18.1. The van der Waals surface area contributed by atoms with Crippen molar-refractivity contribution in [2.75, 3.05) is 14.2 Å². The van der Waals surface area contributed by atoms with E-state index in [1.165, 1.54) is 14.2 Å². The maximum absolute atomic E-state index is 12.6. The Kier molecular flexibility index (Phi) is 4.70. The van der Waals surface area contributed by atoms with Gasteiger partial charge in [0.1, 0.15) is 10.8 Å². The van der Waals surface area contributed by atoms with Gasteiger partial charge >= 0.3 is 11.9 Å². The Morgan fingerprint density at radius 3 is 1.42 bits per heavy atom. The Bertz CT molecular complexity index is 671. The first-order valence-electron chi connectivity index (χ1n) is 7.87. The highest BCUT2D eigenvalue weighted by Gasteiger charge is 2.46. The van der Waals surface area contributed by atoms with Crippen LogP contribution in [0.3, 0.4) is 0 Å². The number of carbonyl (C=O) groups excluding carboxylic acids is 2. The minimum atomic E-state index is -0.960. The summed E-state index contributed by atoms with van der Waals surface area (Å²) < 4.78 is 10.1. The average Bonchev–Trinajstić information content (AvgIpc) is 2.55. The molecule has 24 heavy (non-hydrogen) atoms. The Balaban J connectivity index is 2.85. The molecule has 0 radical (unpaired) electrons. The molecule has 0 saturated heterocycles. The summed E-state index contributed by atoms with van der Waals surface area (Å²) in [5.74, 6) is -0.716. The van der Waals surface area contributed by atoms with Crippen LogP contribution >= 0.6 is 0 Å². The molecule has 4 nitrogen and oxygen atoms in total. The van der Waals surface area contributed by atoms with E-state index in [-0.39, 0.29) is 11.9 Å². The molecule has 0 aromatic heterocycles. The highest BCUT2D eigenvalue weighted by molar-refractivity contribution is 5.90. The fourth-order valence-corrected chi connectivity index (χ4v) is 3.60. The number of esters is 2. The van der Waals surface area contributed by atoms with Gasteiger partial charge in [-0.15, -0.1) is 0 Å². The van der Waals surface area contributed by atoms with E-state index in [1.54, 1.807) is 0 Å². The van der Waals surface area contributed by atoms with Crippen LogP contribution in [0.25, 0.3) is 0 Å². The molecule has 0 saturated carbocycles. The van der Waals surface area contributed by atoms with Gasteiger partial charge in [0.25, 0.3) is 0 Å². The molecule has 0 aromatic rings. The molecule has 0 N–H and O–H groups in total. The Hall–Kier alpha value is -2.36. The number of hydrogen-bond donors (Lipinski definition) is 0. The molecule has 0 spiro atoms. The molecule has 0 bridgehead atoms. The summed E-state index contributed by atoms with van der Waals surface area (Å²) in [6.45, 7) is 7.52. The second-order valence-corrected chi connectivity index (χ2v) is 6.56. The lowest BCUT2D eigenvalue weighted by atomic mass is 9.65. The summed E-state index contributed by atoms with van der Waals surface area (Å²) in [4.78, 5) is 25.1. The minimum Gasteiger partial charge on any atom is -0.468 e. The summed E-state index contributed by atoms with van der Waals surface area (Å²) in [6, 6.07) is 0. The number of rotatable bonds is 2. The van der Waals surface area contributed by atoms with Crippen molar-refractivity contribution in [3.8, 4) is 0 Å². The quantitative estimate of drug-likeness (QED) is 0.726. The van der Waals surface area contributed by atoms with Gasteiger partial charge in [-0.2, -0.15) is 0 Å². The van der Waals surface area contributed by atoms with Gasteiger partial charge in [-0.25, -0.2) is 0 Å². The molecular formula is C20H24O4. The summed E-state index contributed by atoms with van der Waals surface area (Å²) in [6.07, 6.45) is 11.2. The first kappa shape index (κ1) is 18.0. The molecule has 0 aliphatic heterocycles. The van der Waals surface area contributed by atoms with E-state index < -0.39 is 10.8 Å². The van der Waals surface area contributed by atoms with Gasteiger partial charge in [-0.1, -0.05) is 36.5 Å². The van der Waals surface area contributed by atoms with Crippen LogP contribution in [0.5, 0.6) is 0 Å². The van der Waals surface area contributed by atoms with E-state index in [4.69, 9.17) is 9.47 Å². The number of ether oxygens (including phenoxy) is 2. The second-order valence-electron chi connectivity index (χ2n) is 6.56. The molecule has 0 heterocycles. The minimum absolute atomic E-state index is 0.358. The third kappa shape index (κ3) is 2.56. The van der Waals surface area contributed by atoms with E-state index >= 15 is 0 Å². The monoisotopic (exact) mass is 328 g/mol. The Morgan fingerprint density at radius 2 is 1.12 bits per heavy atom. The summed E-state index contributed by atoms with van der Waals surface area (Å²) in [5.41, 5.74) is 1.53. The SMILES string of the molecule is COC(=O)C1(C)C=CC=C(C)C1=C1C(C)=CC=CC1(C)C(=O)OC. The average molecular weight is 328 g/mol. The molecule has 4 heteroatoms. The van der Waals surface area contributed by atoms with Crippen molar-refractivity contribution in [3.63, 3.8) is 0 Å². The molecule has 2 atom stereocenters. The first-order chi connectivity index (χ1) is 11.2. The Morgan fingerprint density at radius 1 is 0.792 bits per heavy atom. The molecule has 2 rings (SSSR count). The molecule has 0 aromatic carbocycles. The summed E-state index contributed by atoms with van der Waals surface area (Å²) in [5, 5.41) is 0. The maximum Gasteiger partial charge on any atom is 0.319 e. The standard InChI is InChI=1S/C20H24O4/c1-13-9-7-11-19(3,17(21)23-5)15(13)16-14(2)10-8-12-20(16,4)18(22)24-6/h7-12H,1-6H3. The van der Waals surface area contributed by atoms with E-state index in [0.717, 1.165) is 22.3 Å². The number of carbonyl (C=O) groups is 2. The molecule has 2 aliphatic rings. The number of hydrogen-bond acceptors (Lipinski definition) is 4. The predicted octanol–water partition coefficient (Wildman–Crippen LogP) is 3.67. The van der Waals surface area contributed by atoms with Gasteiger partial charge in [0.05, 0.1) is 14.2 Å². The first-order valence-corrected chi connectivity index (χ1v) is 7.87. The van der Waals surface area contributed by atoms with E-state index in [2.05, 4.69) is 0 Å². The van der Waals surface area contributed by atoms with Crippen LogP contribution in [0.1, 0.15) is 27.7 Å². The molecule has 2 aliphatic carbocycles. The highest BCUT2D eigenvalue weighted by Crippen LogP contribution is 2.49. The number of methoxy groups -OCH3 is 2. The van der Waals surface area contributed by atoms with Crippen LogP contribution < -0.4 is 0 Å². The van der Waals surface area contributed by atoms with Gasteiger partial charge in [-0.3, -0.25) is 9.59 Å². The van der Waals surface area contributed by atoms with Gasteiger partial charge in [0.2, 0.25) is 0 Å². The summed E-state index contributed by atoms with van der Waals surface area (Å²) >= 11 is 0. The second kappa shape index (κ2) is 6.27. The van der Waals surface area contributed by atoms with Crippen LogP contribution in [-0.2, 0) is 19.1 Å².